The average molecular weight is 412 g/mol. The van der Waals surface area contributed by atoms with E-state index < -0.39 is 4.92 Å². The zero-order valence-electron chi connectivity index (χ0n) is 15.9. The molecule has 150 valence electrons. The number of aromatic nitrogens is 2. The fourth-order valence-electron chi connectivity index (χ4n) is 3.32. The summed E-state index contributed by atoms with van der Waals surface area (Å²) in [6.45, 7) is 4.21. The Balaban J connectivity index is 1.36. The minimum Gasteiger partial charge on any atom is -0.348 e. The summed E-state index contributed by atoms with van der Waals surface area (Å²) in [4.78, 5) is 31.9. The number of hydrogen-bond acceptors (Lipinski definition) is 7. The molecular formula is C19H20N6O3S. The van der Waals surface area contributed by atoms with Crippen LogP contribution in [-0.4, -0.2) is 61.8 Å². The lowest BCUT2D eigenvalue weighted by molar-refractivity contribution is -0.384. The van der Waals surface area contributed by atoms with Crippen LogP contribution in [0, 0.1) is 10.1 Å². The van der Waals surface area contributed by atoms with Gasteiger partial charge in [0.25, 0.3) is 11.6 Å². The van der Waals surface area contributed by atoms with Gasteiger partial charge in [0.2, 0.25) is 0 Å². The summed E-state index contributed by atoms with van der Waals surface area (Å²) in [5.41, 5.74) is 1.80. The number of aliphatic imine (C=N–C) groups is 1. The standard InChI is InChI=1S/C19H20N6O3S/c1-22-12-15(11-20-22)13-23-5-7-24(8-6-23)19-21-18(26)17(29-19)10-14-3-2-4-16(9-14)25(27)28/h2-4,9-12H,5-8,13H2,1H3. The number of nitrogens with zero attached hydrogens (tertiary/aromatic N) is 6. The van der Waals surface area contributed by atoms with E-state index in [0.717, 1.165) is 32.7 Å². The molecule has 0 aliphatic carbocycles. The molecule has 1 amide bonds. The summed E-state index contributed by atoms with van der Waals surface area (Å²) in [5, 5.41) is 15.8. The Morgan fingerprint density at radius 1 is 1.28 bits per heavy atom. The molecule has 0 unspecified atom stereocenters. The number of benzene rings is 1. The lowest BCUT2D eigenvalue weighted by Gasteiger charge is -2.35. The van der Waals surface area contributed by atoms with Gasteiger partial charge in [-0.05, 0) is 23.4 Å². The molecule has 1 aromatic carbocycles. The third-order valence-corrected chi connectivity index (χ3v) is 5.84. The van der Waals surface area contributed by atoms with Gasteiger partial charge in [0.05, 0.1) is 16.0 Å². The Morgan fingerprint density at radius 2 is 2.07 bits per heavy atom. The number of nitro benzene ring substituents is 1. The smallest absolute Gasteiger partial charge is 0.286 e. The number of rotatable bonds is 4. The van der Waals surface area contributed by atoms with Gasteiger partial charge in [-0.1, -0.05) is 12.1 Å². The number of carbonyl (C=O) groups excluding carboxylic acids is 1. The van der Waals surface area contributed by atoms with E-state index in [0.29, 0.717) is 15.6 Å². The predicted molar refractivity (Wildman–Crippen MR) is 111 cm³/mol. The van der Waals surface area contributed by atoms with E-state index in [9.17, 15) is 14.9 Å². The quantitative estimate of drug-likeness (QED) is 0.431. The van der Waals surface area contributed by atoms with Crippen molar-refractivity contribution in [3.63, 3.8) is 0 Å². The van der Waals surface area contributed by atoms with E-state index in [-0.39, 0.29) is 11.6 Å². The molecule has 2 aliphatic heterocycles. The van der Waals surface area contributed by atoms with Gasteiger partial charge in [0, 0.05) is 63.7 Å². The third kappa shape index (κ3) is 4.54. The largest absolute Gasteiger partial charge is 0.348 e. The van der Waals surface area contributed by atoms with E-state index in [1.54, 1.807) is 22.9 Å². The van der Waals surface area contributed by atoms with Crippen LogP contribution in [0.2, 0.25) is 0 Å². The monoisotopic (exact) mass is 412 g/mol. The Kier molecular flexibility index (Phi) is 5.45. The highest BCUT2D eigenvalue weighted by molar-refractivity contribution is 8.18. The normalized spacial score (nSPS) is 19.1. The summed E-state index contributed by atoms with van der Waals surface area (Å²) in [6.07, 6.45) is 5.56. The Bertz CT molecular complexity index is 1010. The molecular weight excluding hydrogens is 392 g/mol. The molecule has 1 aromatic heterocycles. The highest BCUT2D eigenvalue weighted by atomic mass is 32.2. The van der Waals surface area contributed by atoms with Crippen molar-refractivity contribution in [2.75, 3.05) is 26.2 Å². The fraction of sp³-hybridized carbons (Fsp3) is 0.316. The van der Waals surface area contributed by atoms with Crippen molar-refractivity contribution >= 4 is 34.6 Å². The van der Waals surface area contributed by atoms with Gasteiger partial charge in [-0.15, -0.1) is 0 Å². The summed E-state index contributed by atoms with van der Waals surface area (Å²) in [6, 6.07) is 6.23. The number of nitro groups is 1. The zero-order valence-corrected chi connectivity index (χ0v) is 16.7. The number of aryl methyl sites for hydroxylation is 1. The molecule has 9 nitrogen and oxygen atoms in total. The van der Waals surface area contributed by atoms with E-state index in [1.165, 1.54) is 29.5 Å². The predicted octanol–water partition coefficient (Wildman–Crippen LogP) is 2.12. The average Bonchev–Trinajstić information content (AvgIpc) is 3.28. The highest BCUT2D eigenvalue weighted by Gasteiger charge is 2.28. The van der Waals surface area contributed by atoms with Gasteiger partial charge in [-0.2, -0.15) is 10.1 Å². The van der Waals surface area contributed by atoms with E-state index in [2.05, 4.69) is 19.9 Å². The van der Waals surface area contributed by atoms with Gasteiger partial charge >= 0.3 is 0 Å². The molecule has 10 heteroatoms. The van der Waals surface area contributed by atoms with Crippen LogP contribution >= 0.6 is 11.8 Å². The van der Waals surface area contributed by atoms with Gasteiger partial charge < -0.3 is 4.90 Å². The molecule has 1 saturated heterocycles. The molecule has 0 bridgehead atoms. The van der Waals surface area contributed by atoms with E-state index in [1.807, 2.05) is 19.4 Å². The van der Waals surface area contributed by atoms with Crippen molar-refractivity contribution in [1.82, 2.24) is 19.6 Å². The first-order valence-electron chi connectivity index (χ1n) is 9.20. The maximum absolute atomic E-state index is 12.3. The maximum Gasteiger partial charge on any atom is 0.286 e. The minimum atomic E-state index is -0.446. The molecule has 0 spiro atoms. The number of amides is 1. The molecule has 3 heterocycles. The van der Waals surface area contributed by atoms with Crippen LogP contribution in [0.5, 0.6) is 0 Å². The van der Waals surface area contributed by atoms with Crippen molar-refractivity contribution in [2.24, 2.45) is 12.0 Å². The number of thioether (sulfide) groups is 1. The van der Waals surface area contributed by atoms with Crippen molar-refractivity contribution in [1.29, 1.82) is 0 Å². The van der Waals surface area contributed by atoms with Crippen LogP contribution in [0.25, 0.3) is 6.08 Å². The lowest BCUT2D eigenvalue weighted by atomic mass is 10.2. The number of hydrogen-bond donors (Lipinski definition) is 0. The summed E-state index contributed by atoms with van der Waals surface area (Å²) < 4.78 is 1.80. The summed E-state index contributed by atoms with van der Waals surface area (Å²) in [7, 11) is 1.91. The van der Waals surface area contributed by atoms with E-state index in [4.69, 9.17) is 0 Å². The third-order valence-electron chi connectivity index (χ3n) is 4.80. The van der Waals surface area contributed by atoms with Gasteiger partial charge in [-0.25, -0.2) is 0 Å². The second-order valence-corrected chi connectivity index (χ2v) is 7.96. The second-order valence-electron chi connectivity index (χ2n) is 6.95. The first kappa shape index (κ1) is 19.3. The molecule has 29 heavy (non-hydrogen) atoms. The fourth-order valence-corrected chi connectivity index (χ4v) is 4.29. The van der Waals surface area contributed by atoms with Crippen LogP contribution in [0.4, 0.5) is 5.69 Å². The van der Waals surface area contributed by atoms with Gasteiger partial charge in [0.15, 0.2) is 5.17 Å². The molecule has 0 radical (unpaired) electrons. The molecule has 0 N–H and O–H groups in total. The van der Waals surface area contributed by atoms with Crippen molar-refractivity contribution in [3.05, 3.63) is 62.8 Å². The number of non-ortho nitro benzene ring substituents is 1. The van der Waals surface area contributed by atoms with Crippen LogP contribution in [0.15, 0.2) is 46.6 Å². The minimum absolute atomic E-state index is 0.000626. The summed E-state index contributed by atoms with van der Waals surface area (Å²) >= 11 is 1.33. The van der Waals surface area contributed by atoms with Gasteiger partial charge in [0.1, 0.15) is 0 Å². The van der Waals surface area contributed by atoms with Crippen molar-refractivity contribution < 1.29 is 9.72 Å². The first-order valence-corrected chi connectivity index (χ1v) is 10.0. The number of piperazine rings is 1. The number of carbonyl (C=O) groups is 1. The van der Waals surface area contributed by atoms with Crippen molar-refractivity contribution in [2.45, 2.75) is 6.54 Å². The summed E-state index contributed by atoms with van der Waals surface area (Å²) in [5.74, 6) is -0.297. The molecule has 2 aliphatic rings. The van der Waals surface area contributed by atoms with Crippen molar-refractivity contribution in [3.8, 4) is 0 Å². The molecule has 0 atom stereocenters. The number of amidine groups is 1. The first-order chi connectivity index (χ1) is 14.0. The Hall–Kier alpha value is -2.98. The van der Waals surface area contributed by atoms with Crippen LogP contribution in [0.1, 0.15) is 11.1 Å². The SMILES string of the molecule is Cn1cc(CN2CCN(C3=NC(=O)C(=Cc4cccc([N+](=O)[O-])c4)S3)CC2)cn1. The Morgan fingerprint density at radius 3 is 2.76 bits per heavy atom. The van der Waals surface area contributed by atoms with Gasteiger partial charge in [-0.3, -0.25) is 24.5 Å². The van der Waals surface area contributed by atoms with E-state index >= 15 is 0 Å². The van der Waals surface area contributed by atoms with Crippen LogP contribution in [-0.2, 0) is 18.4 Å². The van der Waals surface area contributed by atoms with Crippen LogP contribution in [0.3, 0.4) is 0 Å². The Labute approximate surface area is 171 Å². The molecule has 4 rings (SSSR count). The topological polar surface area (TPSA) is 96.9 Å². The molecule has 0 saturated carbocycles. The van der Waals surface area contributed by atoms with Crippen LogP contribution < -0.4 is 0 Å². The molecule has 1 fully saturated rings. The molecule has 2 aromatic rings. The lowest BCUT2D eigenvalue weighted by Crippen LogP contribution is -2.47. The second kappa shape index (κ2) is 8.18. The zero-order chi connectivity index (χ0) is 20.4. The maximum atomic E-state index is 12.3. The highest BCUT2D eigenvalue weighted by Crippen LogP contribution is 2.31.